The van der Waals surface area contributed by atoms with E-state index in [1.807, 2.05) is 4.90 Å². The van der Waals surface area contributed by atoms with Gasteiger partial charge in [0.15, 0.2) is 0 Å². The standard InChI is InChI=1S/C11H12NO.3C4H9.Sn/c13-11(12-8-4-5-9-12)10-6-2-1-3-7-10;3*1-3-4-2;/h2-3,6-7H,4-5,8-9H2;3*1,3-4H2,2H3;. The molecule has 1 amide bonds. The number of unbranched alkanes of at least 4 members (excludes halogenated alkanes) is 3. The molecule has 1 heterocycles. The van der Waals surface area contributed by atoms with Crippen molar-refractivity contribution in [1.29, 1.82) is 0 Å². The Morgan fingerprint density at radius 1 is 0.846 bits per heavy atom. The fraction of sp³-hybridized carbons (Fsp3) is 0.696. The van der Waals surface area contributed by atoms with E-state index in [2.05, 4.69) is 45.0 Å². The molecule has 0 unspecified atom stereocenters. The molecule has 1 aromatic rings. The summed E-state index contributed by atoms with van der Waals surface area (Å²) < 4.78 is 6.15. The van der Waals surface area contributed by atoms with Crippen LogP contribution in [0.4, 0.5) is 0 Å². The normalized spacial score (nSPS) is 14.8. The fourth-order valence-corrected chi connectivity index (χ4v) is 20.4. The maximum absolute atomic E-state index is 12.7. The fourth-order valence-electron chi connectivity index (χ4n) is 4.42. The molecule has 0 aliphatic carbocycles. The van der Waals surface area contributed by atoms with Gasteiger partial charge in [-0.15, -0.1) is 0 Å². The van der Waals surface area contributed by atoms with E-state index >= 15 is 0 Å². The number of amides is 1. The molecular weight excluding hydrogens is 425 g/mol. The molecule has 1 saturated heterocycles. The number of hydrogen-bond donors (Lipinski definition) is 0. The zero-order valence-corrected chi connectivity index (χ0v) is 20.2. The summed E-state index contributed by atoms with van der Waals surface area (Å²) in [6.45, 7) is 8.86. The first-order chi connectivity index (χ1) is 12.7. The number of rotatable bonds is 11. The second-order valence-electron chi connectivity index (χ2n) is 8.17. The Balaban J connectivity index is 2.22. The van der Waals surface area contributed by atoms with Gasteiger partial charge < -0.3 is 0 Å². The van der Waals surface area contributed by atoms with Crippen molar-refractivity contribution in [1.82, 2.24) is 4.90 Å². The third-order valence-corrected chi connectivity index (χ3v) is 21.8. The van der Waals surface area contributed by atoms with Gasteiger partial charge in [0.2, 0.25) is 0 Å². The molecule has 1 fully saturated rings. The van der Waals surface area contributed by atoms with Gasteiger partial charge in [0.25, 0.3) is 0 Å². The van der Waals surface area contributed by atoms with E-state index in [-0.39, 0.29) is 5.91 Å². The topological polar surface area (TPSA) is 20.3 Å². The zero-order chi connectivity index (χ0) is 18.8. The number of nitrogens with zero attached hydrogens (tertiary/aromatic N) is 1. The van der Waals surface area contributed by atoms with Crippen molar-refractivity contribution in [2.75, 3.05) is 13.1 Å². The van der Waals surface area contributed by atoms with E-state index < -0.39 is 18.4 Å². The van der Waals surface area contributed by atoms with Gasteiger partial charge in [0.05, 0.1) is 0 Å². The van der Waals surface area contributed by atoms with Crippen LogP contribution in [0.2, 0.25) is 13.3 Å². The van der Waals surface area contributed by atoms with Gasteiger partial charge in [0, 0.05) is 0 Å². The van der Waals surface area contributed by atoms with Crippen LogP contribution in [-0.2, 0) is 0 Å². The summed E-state index contributed by atoms with van der Waals surface area (Å²) in [6.07, 6.45) is 10.4. The Kier molecular flexibility index (Phi) is 9.52. The van der Waals surface area contributed by atoms with E-state index in [4.69, 9.17) is 0 Å². The summed E-state index contributed by atoms with van der Waals surface area (Å²) in [5.41, 5.74) is 0.900. The minimum atomic E-state index is -2.35. The predicted molar refractivity (Wildman–Crippen MR) is 116 cm³/mol. The average molecular weight is 464 g/mol. The molecule has 3 heteroatoms. The summed E-state index contributed by atoms with van der Waals surface area (Å²) in [6, 6.07) is 9.01. The van der Waals surface area contributed by atoms with Crippen molar-refractivity contribution in [3.8, 4) is 0 Å². The third kappa shape index (κ3) is 5.74. The van der Waals surface area contributed by atoms with Crippen molar-refractivity contribution >= 4 is 27.9 Å². The van der Waals surface area contributed by atoms with Crippen molar-refractivity contribution in [2.45, 2.75) is 85.4 Å². The monoisotopic (exact) mass is 465 g/mol. The van der Waals surface area contributed by atoms with Crippen molar-refractivity contribution in [3.63, 3.8) is 0 Å². The van der Waals surface area contributed by atoms with E-state index in [0.717, 1.165) is 31.5 Å². The number of benzene rings is 1. The number of carbonyl (C=O) groups is 1. The van der Waals surface area contributed by atoms with E-state index in [1.165, 1.54) is 51.8 Å². The number of carbonyl (C=O) groups excluding carboxylic acids is 1. The second-order valence-corrected chi connectivity index (χ2v) is 21.4. The first-order valence-electron chi connectivity index (χ1n) is 11.1. The molecule has 146 valence electrons. The molecule has 26 heavy (non-hydrogen) atoms. The molecule has 0 radical (unpaired) electrons. The van der Waals surface area contributed by atoms with Gasteiger partial charge in [-0.2, -0.15) is 0 Å². The molecule has 1 aliphatic heterocycles. The van der Waals surface area contributed by atoms with Crippen LogP contribution in [0, 0.1) is 0 Å². The van der Waals surface area contributed by atoms with Gasteiger partial charge in [-0.3, -0.25) is 0 Å². The first kappa shape index (κ1) is 21.8. The minimum absolute atomic E-state index is 0.241. The molecule has 0 spiro atoms. The Bertz CT molecular complexity index is 512. The van der Waals surface area contributed by atoms with Crippen LogP contribution in [0.5, 0.6) is 0 Å². The predicted octanol–water partition coefficient (Wildman–Crippen LogP) is 5.98. The summed E-state index contributed by atoms with van der Waals surface area (Å²) in [5, 5.41) is 0. The molecule has 0 N–H and O–H groups in total. The van der Waals surface area contributed by atoms with Crippen LogP contribution >= 0.6 is 0 Å². The third-order valence-electron chi connectivity index (χ3n) is 6.16. The van der Waals surface area contributed by atoms with Gasteiger partial charge in [0.1, 0.15) is 0 Å². The quantitative estimate of drug-likeness (QED) is 0.369. The van der Waals surface area contributed by atoms with Crippen LogP contribution < -0.4 is 3.58 Å². The molecule has 1 aromatic carbocycles. The molecule has 0 saturated carbocycles. The summed E-state index contributed by atoms with van der Waals surface area (Å²) in [5.74, 6) is 0.241. The number of likely N-dealkylation sites (tertiary alicyclic amines) is 1. The van der Waals surface area contributed by atoms with Gasteiger partial charge in [-0.25, -0.2) is 0 Å². The Labute approximate surface area is 165 Å². The van der Waals surface area contributed by atoms with Gasteiger partial charge >= 0.3 is 166 Å². The van der Waals surface area contributed by atoms with Crippen molar-refractivity contribution in [2.24, 2.45) is 0 Å². The van der Waals surface area contributed by atoms with E-state index in [1.54, 1.807) is 3.58 Å². The molecule has 1 aliphatic rings. The van der Waals surface area contributed by atoms with E-state index in [9.17, 15) is 4.79 Å². The van der Waals surface area contributed by atoms with Gasteiger partial charge in [-0.05, 0) is 0 Å². The van der Waals surface area contributed by atoms with Crippen molar-refractivity contribution < 1.29 is 4.79 Å². The Morgan fingerprint density at radius 3 is 1.73 bits per heavy atom. The van der Waals surface area contributed by atoms with Crippen molar-refractivity contribution in [3.05, 3.63) is 29.8 Å². The Hall–Kier alpha value is -0.511. The van der Waals surface area contributed by atoms with Gasteiger partial charge in [-0.1, -0.05) is 0 Å². The van der Waals surface area contributed by atoms with Crippen LogP contribution in [-0.4, -0.2) is 42.3 Å². The first-order valence-corrected chi connectivity index (χ1v) is 18.5. The molecular formula is C23H39NOSn. The molecule has 0 aromatic heterocycles. The molecule has 2 nitrogen and oxygen atoms in total. The number of hydrogen-bond acceptors (Lipinski definition) is 1. The molecule has 2 rings (SSSR count). The average Bonchev–Trinajstić information content (AvgIpc) is 3.22. The van der Waals surface area contributed by atoms with Crippen LogP contribution in [0.15, 0.2) is 24.3 Å². The molecule has 0 bridgehead atoms. The zero-order valence-electron chi connectivity index (χ0n) is 17.4. The molecule has 0 atom stereocenters. The summed E-state index contributed by atoms with van der Waals surface area (Å²) in [7, 11) is 0. The van der Waals surface area contributed by atoms with Crippen LogP contribution in [0.1, 0.15) is 82.5 Å². The maximum atomic E-state index is 12.7. The SMILES string of the molecule is CCC[CH2][Sn]([CH2]CCC)([CH2]CCC)[c]1ccc(C(=O)N2CCCC2)cc1. The second kappa shape index (κ2) is 11.4. The Morgan fingerprint density at radius 2 is 1.31 bits per heavy atom. The van der Waals surface area contributed by atoms with E-state index in [0.29, 0.717) is 0 Å². The van der Waals surface area contributed by atoms with Crippen LogP contribution in [0.3, 0.4) is 0 Å². The summed E-state index contributed by atoms with van der Waals surface area (Å²) >= 11 is -2.35. The summed E-state index contributed by atoms with van der Waals surface area (Å²) in [4.78, 5) is 14.7. The van der Waals surface area contributed by atoms with Crippen LogP contribution in [0.25, 0.3) is 0 Å².